The van der Waals surface area contributed by atoms with E-state index in [9.17, 15) is 5.11 Å². The third-order valence-corrected chi connectivity index (χ3v) is 4.13. The fraction of sp³-hybridized carbons (Fsp3) is 0.385. The largest absolute Gasteiger partial charge is 0.394 e. The van der Waals surface area contributed by atoms with Crippen molar-refractivity contribution in [2.45, 2.75) is 18.9 Å². The van der Waals surface area contributed by atoms with Crippen molar-refractivity contribution in [3.63, 3.8) is 0 Å². The molecule has 100 valence electrons. The lowest BCUT2D eigenvalue weighted by molar-refractivity contribution is 0.266. The second kappa shape index (κ2) is 5.23. The molecule has 0 radical (unpaired) electrons. The molecule has 1 unspecified atom stereocenters. The van der Waals surface area contributed by atoms with Gasteiger partial charge in [-0.25, -0.2) is 4.98 Å². The molecular weight excluding hydrogens is 330 g/mol. The van der Waals surface area contributed by atoms with Gasteiger partial charge in [0, 0.05) is 16.4 Å². The van der Waals surface area contributed by atoms with E-state index in [-0.39, 0.29) is 17.9 Å². The van der Waals surface area contributed by atoms with Gasteiger partial charge in [-0.2, -0.15) is 4.98 Å². The molecule has 0 bridgehead atoms. The SMILES string of the molecule is OCC1CCCN1c1nc(Cl)nc2cc(Br)ccc12. The molecule has 1 fully saturated rings. The number of hydrogen-bond donors (Lipinski definition) is 1. The van der Waals surface area contributed by atoms with Crippen molar-refractivity contribution >= 4 is 44.3 Å². The first-order valence-electron chi connectivity index (χ1n) is 6.19. The summed E-state index contributed by atoms with van der Waals surface area (Å²) in [6, 6.07) is 6.00. The van der Waals surface area contributed by atoms with Crippen molar-refractivity contribution in [1.29, 1.82) is 0 Å². The van der Waals surface area contributed by atoms with Crippen LogP contribution in [0.5, 0.6) is 0 Å². The van der Waals surface area contributed by atoms with Gasteiger partial charge in [0.15, 0.2) is 0 Å². The first-order chi connectivity index (χ1) is 9.19. The van der Waals surface area contributed by atoms with Crippen LogP contribution < -0.4 is 4.90 Å². The standard InChI is InChI=1S/C13H13BrClN3O/c14-8-3-4-10-11(6-8)16-13(15)17-12(10)18-5-1-2-9(18)7-19/h3-4,6,9,19H,1-2,5,7H2. The number of benzene rings is 1. The van der Waals surface area contributed by atoms with Crippen molar-refractivity contribution in [2.75, 3.05) is 18.1 Å². The second-order valence-electron chi connectivity index (χ2n) is 4.65. The Kier molecular flexibility index (Phi) is 3.60. The zero-order chi connectivity index (χ0) is 13.4. The molecule has 1 N–H and O–H groups in total. The fourth-order valence-corrected chi connectivity index (χ4v) is 3.10. The molecule has 4 nitrogen and oxygen atoms in total. The second-order valence-corrected chi connectivity index (χ2v) is 5.90. The van der Waals surface area contributed by atoms with Gasteiger partial charge in [0.2, 0.25) is 5.28 Å². The lowest BCUT2D eigenvalue weighted by Gasteiger charge is -2.25. The average molecular weight is 343 g/mol. The minimum Gasteiger partial charge on any atom is -0.394 e. The predicted octanol–water partition coefficient (Wildman–Crippen LogP) is 3.01. The topological polar surface area (TPSA) is 49.2 Å². The van der Waals surface area contributed by atoms with Crippen LogP contribution >= 0.6 is 27.5 Å². The van der Waals surface area contributed by atoms with Crippen molar-refractivity contribution in [3.05, 3.63) is 28.0 Å². The monoisotopic (exact) mass is 341 g/mol. The molecule has 2 aromatic rings. The molecule has 1 aromatic heterocycles. The number of fused-ring (bicyclic) bond motifs is 1. The first kappa shape index (κ1) is 13.1. The van der Waals surface area contributed by atoms with Crippen LogP contribution in [0.1, 0.15) is 12.8 Å². The van der Waals surface area contributed by atoms with E-state index >= 15 is 0 Å². The third kappa shape index (κ3) is 2.42. The van der Waals surface area contributed by atoms with Gasteiger partial charge in [-0.3, -0.25) is 0 Å². The Morgan fingerprint density at radius 3 is 3.05 bits per heavy atom. The highest BCUT2D eigenvalue weighted by Gasteiger charge is 2.26. The highest BCUT2D eigenvalue weighted by molar-refractivity contribution is 9.10. The van der Waals surface area contributed by atoms with Crippen LogP contribution in [0.25, 0.3) is 10.9 Å². The Morgan fingerprint density at radius 2 is 2.26 bits per heavy atom. The van der Waals surface area contributed by atoms with Crippen LogP contribution in [0.15, 0.2) is 22.7 Å². The van der Waals surface area contributed by atoms with E-state index < -0.39 is 0 Å². The number of anilines is 1. The molecule has 3 rings (SSSR count). The van der Waals surface area contributed by atoms with E-state index in [0.717, 1.165) is 40.6 Å². The highest BCUT2D eigenvalue weighted by atomic mass is 79.9. The van der Waals surface area contributed by atoms with Gasteiger partial charge in [-0.15, -0.1) is 0 Å². The summed E-state index contributed by atoms with van der Waals surface area (Å²) in [6.07, 6.45) is 2.04. The molecule has 1 atom stereocenters. The highest BCUT2D eigenvalue weighted by Crippen LogP contribution is 2.32. The Hall–Kier alpha value is -0.910. The van der Waals surface area contributed by atoms with Crippen LogP contribution in [0.4, 0.5) is 5.82 Å². The Bertz CT molecular complexity index is 617. The molecule has 6 heteroatoms. The normalized spacial score (nSPS) is 19.3. The summed E-state index contributed by atoms with van der Waals surface area (Å²) in [5.74, 6) is 0.819. The maximum Gasteiger partial charge on any atom is 0.224 e. The number of nitrogens with zero attached hydrogens (tertiary/aromatic N) is 3. The van der Waals surface area contributed by atoms with E-state index in [1.54, 1.807) is 0 Å². The Labute approximate surface area is 124 Å². The number of aliphatic hydroxyl groups is 1. The molecular formula is C13H13BrClN3O. The molecule has 19 heavy (non-hydrogen) atoms. The zero-order valence-electron chi connectivity index (χ0n) is 10.2. The van der Waals surface area contributed by atoms with Gasteiger partial charge in [0.05, 0.1) is 18.2 Å². The van der Waals surface area contributed by atoms with Crippen LogP contribution in [-0.4, -0.2) is 34.3 Å². The van der Waals surface area contributed by atoms with E-state index in [4.69, 9.17) is 11.6 Å². The van der Waals surface area contributed by atoms with Gasteiger partial charge >= 0.3 is 0 Å². The van der Waals surface area contributed by atoms with Gasteiger partial charge in [0.1, 0.15) is 5.82 Å². The number of rotatable bonds is 2. The van der Waals surface area contributed by atoms with Gasteiger partial charge in [-0.1, -0.05) is 15.9 Å². The van der Waals surface area contributed by atoms with E-state index in [2.05, 4.69) is 30.8 Å². The maximum absolute atomic E-state index is 9.46. The summed E-state index contributed by atoms with van der Waals surface area (Å²) in [5.41, 5.74) is 0.813. The molecule has 0 spiro atoms. The van der Waals surface area contributed by atoms with E-state index in [1.165, 1.54) is 0 Å². The molecule has 2 heterocycles. The summed E-state index contributed by atoms with van der Waals surface area (Å²) >= 11 is 9.45. The Balaban J connectivity index is 2.17. The van der Waals surface area contributed by atoms with Crippen LogP contribution in [0.3, 0.4) is 0 Å². The van der Waals surface area contributed by atoms with E-state index in [1.807, 2.05) is 18.2 Å². The lowest BCUT2D eigenvalue weighted by Crippen LogP contribution is -2.33. The summed E-state index contributed by atoms with van der Waals surface area (Å²) in [4.78, 5) is 10.7. The summed E-state index contributed by atoms with van der Waals surface area (Å²) in [6.45, 7) is 1.03. The summed E-state index contributed by atoms with van der Waals surface area (Å²) in [5, 5.41) is 10.7. The van der Waals surface area contributed by atoms with Crippen molar-refractivity contribution in [2.24, 2.45) is 0 Å². The first-order valence-corrected chi connectivity index (χ1v) is 7.36. The zero-order valence-corrected chi connectivity index (χ0v) is 12.5. The predicted molar refractivity (Wildman–Crippen MR) is 79.7 cm³/mol. The molecule has 0 saturated carbocycles. The third-order valence-electron chi connectivity index (χ3n) is 3.47. The maximum atomic E-state index is 9.46. The Morgan fingerprint density at radius 1 is 1.42 bits per heavy atom. The van der Waals surface area contributed by atoms with Crippen LogP contribution in [0, 0.1) is 0 Å². The number of aromatic nitrogens is 2. The molecule has 0 aliphatic carbocycles. The smallest absolute Gasteiger partial charge is 0.224 e. The number of hydrogen-bond acceptors (Lipinski definition) is 4. The van der Waals surface area contributed by atoms with Gasteiger partial charge in [0.25, 0.3) is 0 Å². The summed E-state index contributed by atoms with van der Waals surface area (Å²) < 4.78 is 0.959. The van der Waals surface area contributed by atoms with Gasteiger partial charge < -0.3 is 10.0 Å². The minimum atomic E-state index is 0.123. The van der Waals surface area contributed by atoms with E-state index in [0.29, 0.717) is 0 Å². The average Bonchev–Trinajstić information content (AvgIpc) is 2.85. The van der Waals surface area contributed by atoms with Crippen molar-refractivity contribution in [1.82, 2.24) is 9.97 Å². The number of aliphatic hydroxyl groups excluding tert-OH is 1. The molecule has 1 aromatic carbocycles. The van der Waals surface area contributed by atoms with Gasteiger partial charge in [-0.05, 0) is 42.6 Å². The fourth-order valence-electron chi connectivity index (χ4n) is 2.58. The summed E-state index contributed by atoms with van der Waals surface area (Å²) in [7, 11) is 0. The van der Waals surface area contributed by atoms with Crippen molar-refractivity contribution in [3.8, 4) is 0 Å². The van der Waals surface area contributed by atoms with Crippen LogP contribution in [-0.2, 0) is 0 Å². The van der Waals surface area contributed by atoms with Crippen molar-refractivity contribution < 1.29 is 5.11 Å². The molecule has 1 saturated heterocycles. The molecule has 1 aliphatic heterocycles. The van der Waals surface area contributed by atoms with Crippen LogP contribution in [0.2, 0.25) is 5.28 Å². The number of halogens is 2. The lowest BCUT2D eigenvalue weighted by atomic mass is 10.2. The quantitative estimate of drug-likeness (QED) is 0.852. The minimum absolute atomic E-state index is 0.123. The molecule has 1 aliphatic rings. The molecule has 0 amide bonds.